The lowest BCUT2D eigenvalue weighted by atomic mass is 10.0. The van der Waals surface area contributed by atoms with Gasteiger partial charge in [-0.15, -0.1) is 0 Å². The summed E-state index contributed by atoms with van der Waals surface area (Å²) < 4.78 is 11.4. The van der Waals surface area contributed by atoms with Crippen molar-refractivity contribution in [3.05, 3.63) is 24.2 Å². The normalized spacial score (nSPS) is 35.9. The van der Waals surface area contributed by atoms with E-state index in [0.717, 1.165) is 38.3 Å². The van der Waals surface area contributed by atoms with Gasteiger partial charge in [0.2, 0.25) is 0 Å². The number of likely N-dealkylation sites (tertiary alicyclic amines) is 1. The molecule has 2 atom stereocenters. The van der Waals surface area contributed by atoms with Crippen LogP contribution in [0.3, 0.4) is 0 Å². The van der Waals surface area contributed by atoms with Crippen molar-refractivity contribution in [2.45, 2.75) is 24.6 Å². The Hall–Kier alpha value is -0.840. The first-order chi connectivity index (χ1) is 7.77. The zero-order valence-electron chi connectivity index (χ0n) is 9.61. The van der Waals surface area contributed by atoms with Gasteiger partial charge in [0, 0.05) is 19.5 Å². The van der Waals surface area contributed by atoms with Gasteiger partial charge in [-0.25, -0.2) is 0 Å². The Labute approximate surface area is 95.6 Å². The van der Waals surface area contributed by atoms with Crippen molar-refractivity contribution in [1.29, 1.82) is 0 Å². The van der Waals surface area contributed by atoms with Gasteiger partial charge in [-0.1, -0.05) is 0 Å². The van der Waals surface area contributed by atoms with Crippen LogP contribution in [0.15, 0.2) is 22.8 Å². The molecule has 2 fully saturated rings. The maximum atomic E-state index is 5.93. The summed E-state index contributed by atoms with van der Waals surface area (Å²) in [6, 6.07) is 4.28. The van der Waals surface area contributed by atoms with Crippen molar-refractivity contribution in [2.24, 2.45) is 0 Å². The van der Waals surface area contributed by atoms with E-state index in [1.807, 2.05) is 12.1 Å². The lowest BCUT2D eigenvalue weighted by molar-refractivity contribution is -0.104. The summed E-state index contributed by atoms with van der Waals surface area (Å²) in [4.78, 5) is 2.30. The fraction of sp³-hybridized carbons (Fsp3) is 0.667. The molecule has 4 heteroatoms. The summed E-state index contributed by atoms with van der Waals surface area (Å²) in [5, 5.41) is 3.60. The summed E-state index contributed by atoms with van der Waals surface area (Å²) in [6.07, 6.45) is 3.78. The predicted molar refractivity (Wildman–Crippen MR) is 60.0 cm³/mol. The molecule has 2 saturated heterocycles. The van der Waals surface area contributed by atoms with Crippen LogP contribution in [-0.2, 0) is 4.74 Å². The zero-order chi connectivity index (χ0) is 11.0. The molecule has 0 radical (unpaired) electrons. The number of likely N-dealkylation sites (N-methyl/N-ethyl adjacent to an activating group) is 1. The molecule has 88 valence electrons. The molecule has 0 aromatic carbocycles. The lowest BCUT2D eigenvalue weighted by Crippen LogP contribution is -2.54. The Kier molecular flexibility index (Phi) is 2.50. The second-order valence-corrected chi connectivity index (χ2v) is 4.83. The van der Waals surface area contributed by atoms with Gasteiger partial charge in [-0.05, 0) is 25.6 Å². The van der Waals surface area contributed by atoms with Crippen LogP contribution in [0.25, 0.3) is 0 Å². The van der Waals surface area contributed by atoms with Crippen molar-refractivity contribution in [1.82, 2.24) is 10.2 Å². The van der Waals surface area contributed by atoms with Gasteiger partial charge < -0.3 is 14.1 Å². The molecule has 1 spiro atoms. The van der Waals surface area contributed by atoms with Crippen molar-refractivity contribution < 1.29 is 9.15 Å². The second kappa shape index (κ2) is 3.87. The molecule has 3 rings (SSSR count). The molecule has 4 nitrogen and oxygen atoms in total. The smallest absolute Gasteiger partial charge is 0.133 e. The maximum Gasteiger partial charge on any atom is 0.133 e. The van der Waals surface area contributed by atoms with Gasteiger partial charge in [-0.3, -0.25) is 5.32 Å². The first-order valence-corrected chi connectivity index (χ1v) is 5.91. The van der Waals surface area contributed by atoms with Crippen molar-refractivity contribution in [3.8, 4) is 0 Å². The highest BCUT2D eigenvalue weighted by atomic mass is 16.5. The van der Waals surface area contributed by atoms with Crippen LogP contribution >= 0.6 is 0 Å². The average Bonchev–Trinajstić information content (AvgIpc) is 2.89. The summed E-state index contributed by atoms with van der Waals surface area (Å²) in [7, 11) is 2.14. The maximum absolute atomic E-state index is 5.93. The van der Waals surface area contributed by atoms with Crippen LogP contribution in [0.4, 0.5) is 0 Å². The quantitative estimate of drug-likeness (QED) is 0.778. The van der Waals surface area contributed by atoms with E-state index in [2.05, 4.69) is 17.3 Å². The van der Waals surface area contributed by atoms with Gasteiger partial charge in [-0.2, -0.15) is 0 Å². The molecule has 2 aliphatic rings. The third-order valence-electron chi connectivity index (χ3n) is 3.53. The summed E-state index contributed by atoms with van der Waals surface area (Å²) in [5.74, 6) is 1.03. The van der Waals surface area contributed by atoms with Crippen molar-refractivity contribution in [3.63, 3.8) is 0 Å². The average molecular weight is 222 g/mol. The van der Waals surface area contributed by atoms with E-state index in [9.17, 15) is 0 Å². The van der Waals surface area contributed by atoms with Gasteiger partial charge in [0.25, 0.3) is 0 Å². The topological polar surface area (TPSA) is 37.6 Å². The monoisotopic (exact) mass is 222 g/mol. The number of nitrogens with zero attached hydrogens (tertiary/aromatic N) is 1. The largest absolute Gasteiger partial charge is 0.468 e. The van der Waals surface area contributed by atoms with Gasteiger partial charge >= 0.3 is 0 Å². The molecule has 1 aromatic heterocycles. The Morgan fingerprint density at radius 3 is 3.19 bits per heavy atom. The molecule has 16 heavy (non-hydrogen) atoms. The first-order valence-electron chi connectivity index (χ1n) is 5.91. The van der Waals surface area contributed by atoms with E-state index in [4.69, 9.17) is 9.15 Å². The first kappa shape index (κ1) is 10.3. The fourth-order valence-corrected chi connectivity index (χ4v) is 2.71. The predicted octanol–water partition coefficient (Wildman–Crippen LogP) is 1.36. The van der Waals surface area contributed by atoms with E-state index in [-0.39, 0.29) is 5.72 Å². The minimum absolute atomic E-state index is 0.148. The van der Waals surface area contributed by atoms with Crippen molar-refractivity contribution >= 4 is 0 Å². The van der Waals surface area contributed by atoms with Gasteiger partial charge in [0.15, 0.2) is 0 Å². The Morgan fingerprint density at radius 2 is 2.50 bits per heavy atom. The molecule has 2 unspecified atom stereocenters. The summed E-state index contributed by atoms with van der Waals surface area (Å²) in [5.41, 5.74) is -0.148. The molecule has 2 aliphatic heterocycles. The molecular formula is C12H18N2O2. The van der Waals surface area contributed by atoms with E-state index in [1.54, 1.807) is 6.26 Å². The van der Waals surface area contributed by atoms with Crippen LogP contribution in [0.2, 0.25) is 0 Å². The Balaban J connectivity index is 1.75. The third-order valence-corrected chi connectivity index (χ3v) is 3.53. The number of hydrogen-bond acceptors (Lipinski definition) is 4. The lowest BCUT2D eigenvalue weighted by Gasteiger charge is -2.38. The molecule has 3 heterocycles. The van der Waals surface area contributed by atoms with E-state index < -0.39 is 0 Å². The number of rotatable bonds is 1. The third kappa shape index (κ3) is 1.77. The Bertz CT molecular complexity index is 348. The molecule has 0 amide bonds. The van der Waals surface area contributed by atoms with Crippen LogP contribution in [0.5, 0.6) is 0 Å². The van der Waals surface area contributed by atoms with E-state index >= 15 is 0 Å². The summed E-state index contributed by atoms with van der Waals surface area (Å²) >= 11 is 0. The van der Waals surface area contributed by atoms with Crippen molar-refractivity contribution in [2.75, 3.05) is 26.7 Å². The van der Waals surface area contributed by atoms with Crippen LogP contribution in [0.1, 0.15) is 24.6 Å². The minimum atomic E-state index is -0.148. The Morgan fingerprint density at radius 1 is 1.56 bits per heavy atom. The molecule has 1 aromatic rings. The molecule has 0 aliphatic carbocycles. The van der Waals surface area contributed by atoms with E-state index in [0.29, 0.717) is 6.04 Å². The minimum Gasteiger partial charge on any atom is -0.468 e. The molecule has 0 bridgehead atoms. The van der Waals surface area contributed by atoms with Crippen LogP contribution in [0, 0.1) is 0 Å². The highest BCUT2D eigenvalue weighted by molar-refractivity contribution is 5.07. The van der Waals surface area contributed by atoms with Gasteiger partial charge in [0.05, 0.1) is 18.9 Å². The highest BCUT2D eigenvalue weighted by Crippen LogP contribution is 2.31. The zero-order valence-corrected chi connectivity index (χ0v) is 9.61. The SMILES string of the molecule is CN1CCC2(C1)NC(c1ccco1)CCO2. The van der Waals surface area contributed by atoms with E-state index in [1.165, 1.54) is 0 Å². The standard InChI is InChI=1S/C12H18N2O2/c1-14-6-5-12(9-14)13-10(4-8-16-12)11-3-2-7-15-11/h2-3,7,10,13H,4-6,8-9H2,1H3. The molecule has 1 N–H and O–H groups in total. The second-order valence-electron chi connectivity index (χ2n) is 4.83. The summed E-state index contributed by atoms with van der Waals surface area (Å²) in [6.45, 7) is 2.87. The molecule has 0 saturated carbocycles. The number of nitrogens with one attached hydrogen (secondary N) is 1. The number of ether oxygens (including phenoxy) is 1. The fourth-order valence-electron chi connectivity index (χ4n) is 2.71. The molecular weight excluding hydrogens is 204 g/mol. The van der Waals surface area contributed by atoms with Gasteiger partial charge in [0.1, 0.15) is 11.5 Å². The number of hydrogen-bond donors (Lipinski definition) is 1. The highest BCUT2D eigenvalue weighted by Gasteiger charge is 2.42. The number of furan rings is 1. The van der Waals surface area contributed by atoms with Crippen LogP contribution < -0.4 is 5.32 Å². The van der Waals surface area contributed by atoms with Crippen LogP contribution in [-0.4, -0.2) is 37.4 Å².